The van der Waals surface area contributed by atoms with Crippen molar-refractivity contribution in [1.29, 1.82) is 0 Å². The van der Waals surface area contributed by atoms with Crippen molar-refractivity contribution in [1.82, 2.24) is 5.32 Å². The molecule has 1 heterocycles. The smallest absolute Gasteiger partial charge is 0.221 e. The zero-order valence-corrected chi connectivity index (χ0v) is 12.3. The molecule has 1 aliphatic heterocycles. The van der Waals surface area contributed by atoms with Crippen LogP contribution in [0.2, 0.25) is 0 Å². The number of nitrogens with one attached hydrogen (secondary N) is 1. The first kappa shape index (κ1) is 15.5. The third kappa shape index (κ3) is 6.25. The quantitative estimate of drug-likeness (QED) is 0.717. The van der Waals surface area contributed by atoms with Crippen LogP contribution in [-0.2, 0) is 9.53 Å². The number of hydrogen-bond donors (Lipinski definition) is 2. The Morgan fingerprint density at radius 2 is 1.89 bits per heavy atom. The van der Waals surface area contributed by atoms with E-state index in [0.717, 1.165) is 6.61 Å². The van der Waals surface area contributed by atoms with Gasteiger partial charge in [-0.2, -0.15) is 0 Å². The van der Waals surface area contributed by atoms with Crippen LogP contribution in [0.4, 0.5) is 0 Å². The molecule has 19 heavy (non-hydrogen) atoms. The number of amides is 1. The van der Waals surface area contributed by atoms with E-state index in [0.29, 0.717) is 5.70 Å². The van der Waals surface area contributed by atoms with E-state index in [4.69, 9.17) is 4.74 Å². The highest BCUT2D eigenvalue weighted by atomic mass is 16.6. The predicted octanol–water partition coefficient (Wildman–Crippen LogP) is 2.84. The number of aliphatic hydroxyl groups is 1. The van der Waals surface area contributed by atoms with Gasteiger partial charge in [-0.3, -0.25) is 4.79 Å². The topological polar surface area (TPSA) is 61.9 Å². The highest BCUT2D eigenvalue weighted by Crippen LogP contribution is 2.25. The molecular formula is C15H23NO3. The van der Waals surface area contributed by atoms with Gasteiger partial charge < -0.3 is 15.2 Å². The van der Waals surface area contributed by atoms with Gasteiger partial charge in [0.15, 0.2) is 0 Å². The number of allylic oxidation sites excluding steroid dienone is 4. The van der Waals surface area contributed by atoms with Crippen LogP contribution in [-0.4, -0.2) is 23.2 Å². The van der Waals surface area contributed by atoms with E-state index in [2.05, 4.69) is 19.2 Å². The lowest BCUT2D eigenvalue weighted by molar-refractivity contribution is -0.118. The molecule has 1 saturated heterocycles. The van der Waals surface area contributed by atoms with Gasteiger partial charge in [0.1, 0.15) is 5.76 Å². The molecule has 2 N–H and O–H groups in total. The number of carbonyl (C=O) groups is 1. The van der Waals surface area contributed by atoms with Crippen molar-refractivity contribution in [3.63, 3.8) is 0 Å². The Bertz CT molecular complexity index is 436. The third-order valence-electron chi connectivity index (χ3n) is 2.60. The van der Waals surface area contributed by atoms with E-state index >= 15 is 0 Å². The monoisotopic (exact) mass is 265 g/mol. The van der Waals surface area contributed by atoms with Crippen molar-refractivity contribution in [3.8, 4) is 0 Å². The first-order chi connectivity index (χ1) is 8.61. The van der Waals surface area contributed by atoms with E-state index < -0.39 is 0 Å². The van der Waals surface area contributed by atoms with Gasteiger partial charge in [0.05, 0.1) is 17.9 Å². The van der Waals surface area contributed by atoms with Crippen LogP contribution in [0.3, 0.4) is 0 Å². The molecular weight excluding hydrogens is 242 g/mol. The SMILES string of the molecule is CC(=O)NC1=CC(C)(C)C=CC=C1O.CC1(C)CO1. The summed E-state index contributed by atoms with van der Waals surface area (Å²) in [6, 6.07) is 0. The minimum atomic E-state index is -0.186. The van der Waals surface area contributed by atoms with Crippen LogP contribution in [0.25, 0.3) is 0 Å². The minimum Gasteiger partial charge on any atom is -0.506 e. The molecule has 4 heteroatoms. The van der Waals surface area contributed by atoms with Crippen LogP contribution in [0, 0.1) is 5.41 Å². The lowest BCUT2D eigenvalue weighted by Gasteiger charge is -2.16. The summed E-state index contributed by atoms with van der Waals surface area (Å²) in [5.74, 6) is -0.101. The molecule has 1 aliphatic carbocycles. The van der Waals surface area contributed by atoms with Gasteiger partial charge in [-0.25, -0.2) is 0 Å². The van der Waals surface area contributed by atoms with Crippen LogP contribution in [0.15, 0.2) is 35.8 Å². The molecule has 0 spiro atoms. The largest absolute Gasteiger partial charge is 0.506 e. The molecule has 0 aromatic carbocycles. The fraction of sp³-hybridized carbons (Fsp3) is 0.533. The maximum absolute atomic E-state index is 10.9. The zero-order valence-electron chi connectivity index (χ0n) is 12.3. The number of hydrogen-bond acceptors (Lipinski definition) is 3. The maximum atomic E-state index is 10.9. The average molecular weight is 265 g/mol. The molecule has 106 valence electrons. The van der Waals surface area contributed by atoms with Crippen molar-refractivity contribution in [3.05, 3.63) is 35.8 Å². The summed E-state index contributed by atoms with van der Waals surface area (Å²) in [5.41, 5.74) is 0.547. The summed E-state index contributed by atoms with van der Waals surface area (Å²) in [7, 11) is 0. The number of carbonyl (C=O) groups excluding carboxylic acids is 1. The molecule has 4 nitrogen and oxygen atoms in total. The Morgan fingerprint density at radius 3 is 2.32 bits per heavy atom. The zero-order chi connectivity index (χ0) is 14.7. The Balaban J connectivity index is 0.000000300. The standard InChI is InChI=1S/C11H15NO2.C4H8O/c1-8(13)12-9-7-11(2,3)6-4-5-10(9)14;1-4(2)3-5-4/h4-7,14H,1-3H3,(H,12,13);3H2,1-2H3. The average Bonchev–Trinajstić information content (AvgIpc) is 2.93. The van der Waals surface area contributed by atoms with Crippen LogP contribution in [0.5, 0.6) is 0 Å². The van der Waals surface area contributed by atoms with Crippen molar-refractivity contribution in [2.24, 2.45) is 5.41 Å². The van der Waals surface area contributed by atoms with Crippen molar-refractivity contribution >= 4 is 5.91 Å². The fourth-order valence-electron chi connectivity index (χ4n) is 1.41. The molecule has 2 aliphatic rings. The summed E-state index contributed by atoms with van der Waals surface area (Å²) in [6.45, 7) is 10.5. The van der Waals surface area contributed by atoms with E-state index in [1.165, 1.54) is 6.92 Å². The molecule has 1 fully saturated rings. The summed E-state index contributed by atoms with van der Waals surface area (Å²) in [5, 5.41) is 12.1. The van der Waals surface area contributed by atoms with E-state index in [1.54, 1.807) is 12.2 Å². The first-order valence-corrected chi connectivity index (χ1v) is 6.35. The Labute approximate surface area is 114 Å². The minimum absolute atomic E-state index is 0.0852. The van der Waals surface area contributed by atoms with Gasteiger partial charge in [-0.1, -0.05) is 26.0 Å². The molecule has 0 bridgehead atoms. The van der Waals surface area contributed by atoms with Crippen LogP contribution in [0.1, 0.15) is 34.6 Å². The van der Waals surface area contributed by atoms with E-state index in [1.807, 2.05) is 26.0 Å². The highest BCUT2D eigenvalue weighted by Gasteiger charge is 2.32. The molecule has 0 unspecified atom stereocenters. The lowest BCUT2D eigenvalue weighted by atomic mass is 9.92. The van der Waals surface area contributed by atoms with Crippen LogP contribution < -0.4 is 5.32 Å². The summed E-state index contributed by atoms with van der Waals surface area (Å²) in [4.78, 5) is 10.9. The van der Waals surface area contributed by atoms with Gasteiger partial charge in [-0.15, -0.1) is 0 Å². The van der Waals surface area contributed by atoms with Gasteiger partial charge in [-0.05, 0) is 26.0 Å². The summed E-state index contributed by atoms with van der Waals surface area (Å²) in [6.07, 6.45) is 7.12. The number of aliphatic hydroxyl groups excluding tert-OH is 1. The lowest BCUT2D eigenvalue weighted by Crippen LogP contribution is -2.22. The van der Waals surface area contributed by atoms with Gasteiger partial charge in [0.2, 0.25) is 5.91 Å². The normalized spacial score (nSPS) is 22.2. The first-order valence-electron chi connectivity index (χ1n) is 6.35. The Morgan fingerprint density at radius 1 is 1.37 bits per heavy atom. The van der Waals surface area contributed by atoms with Gasteiger partial charge in [0, 0.05) is 12.3 Å². The molecule has 0 radical (unpaired) electrons. The van der Waals surface area contributed by atoms with Crippen LogP contribution >= 0.6 is 0 Å². The van der Waals surface area contributed by atoms with Gasteiger partial charge in [0.25, 0.3) is 0 Å². The molecule has 0 aromatic rings. The second kappa shape index (κ2) is 5.61. The Hall–Kier alpha value is -1.55. The molecule has 0 saturated carbocycles. The number of ether oxygens (including phenoxy) is 1. The molecule has 2 rings (SSSR count). The number of epoxide rings is 1. The highest BCUT2D eigenvalue weighted by molar-refractivity contribution is 5.75. The summed E-state index contributed by atoms with van der Waals surface area (Å²) < 4.78 is 4.90. The third-order valence-corrected chi connectivity index (χ3v) is 2.60. The van der Waals surface area contributed by atoms with E-state index in [9.17, 15) is 9.90 Å². The second-order valence-electron chi connectivity index (χ2n) is 6.02. The Kier molecular flexibility index (Phi) is 4.58. The van der Waals surface area contributed by atoms with Crippen molar-refractivity contribution in [2.75, 3.05) is 6.61 Å². The molecule has 0 aromatic heterocycles. The number of rotatable bonds is 1. The van der Waals surface area contributed by atoms with Crippen molar-refractivity contribution in [2.45, 2.75) is 40.2 Å². The van der Waals surface area contributed by atoms with E-state index in [-0.39, 0.29) is 22.7 Å². The van der Waals surface area contributed by atoms with Gasteiger partial charge >= 0.3 is 0 Å². The molecule has 1 amide bonds. The fourth-order valence-corrected chi connectivity index (χ4v) is 1.41. The van der Waals surface area contributed by atoms with Crippen molar-refractivity contribution < 1.29 is 14.6 Å². The predicted molar refractivity (Wildman–Crippen MR) is 75.6 cm³/mol. The maximum Gasteiger partial charge on any atom is 0.221 e. The molecule has 0 atom stereocenters. The second-order valence-corrected chi connectivity index (χ2v) is 6.02. The summed E-state index contributed by atoms with van der Waals surface area (Å²) >= 11 is 0.